The molecule has 0 aliphatic carbocycles. The van der Waals surface area contributed by atoms with Gasteiger partial charge in [-0.25, -0.2) is 0 Å². The van der Waals surface area contributed by atoms with Crippen LogP contribution in [0.15, 0.2) is 0 Å². The molecule has 0 radical (unpaired) electrons. The van der Waals surface area contributed by atoms with Crippen LogP contribution in [-0.4, -0.2) is 73.4 Å². The van der Waals surface area contributed by atoms with E-state index in [1.54, 1.807) is 0 Å². The van der Waals surface area contributed by atoms with E-state index in [-0.39, 0.29) is 12.1 Å². The highest BCUT2D eigenvalue weighted by Gasteiger charge is 2.27. The fourth-order valence-corrected chi connectivity index (χ4v) is 2.69. The summed E-state index contributed by atoms with van der Waals surface area (Å²) in [5.41, 5.74) is -0.178. The summed E-state index contributed by atoms with van der Waals surface area (Å²) >= 11 is 0. The molecule has 0 spiro atoms. The Bertz CT molecular complexity index is 258. The van der Waals surface area contributed by atoms with Crippen LogP contribution < -0.4 is 5.32 Å². The lowest BCUT2D eigenvalue weighted by Crippen LogP contribution is -2.52. The van der Waals surface area contributed by atoms with Crippen molar-refractivity contribution < 1.29 is 5.11 Å². The molecule has 0 aromatic heterocycles. The van der Waals surface area contributed by atoms with Crippen molar-refractivity contribution in [3.8, 4) is 0 Å². The van der Waals surface area contributed by atoms with Crippen molar-refractivity contribution in [1.82, 2.24) is 15.1 Å². The first kappa shape index (κ1) is 20.8. The van der Waals surface area contributed by atoms with E-state index in [9.17, 15) is 5.11 Å². The van der Waals surface area contributed by atoms with Crippen LogP contribution in [0.2, 0.25) is 0 Å². The lowest BCUT2D eigenvalue weighted by atomic mass is 9.93. The predicted octanol–water partition coefficient (Wildman–Crippen LogP) is 2.04. The Labute approximate surface area is 132 Å². The maximum Gasteiger partial charge on any atom is 0.0611 e. The topological polar surface area (TPSA) is 38.7 Å². The number of hydrogen-bond acceptors (Lipinski definition) is 4. The molecule has 2 atom stereocenters. The number of rotatable bonds is 12. The highest BCUT2D eigenvalue weighted by atomic mass is 16.3. The lowest BCUT2D eigenvalue weighted by Gasteiger charge is -2.38. The van der Waals surface area contributed by atoms with Gasteiger partial charge in [-0.3, -0.25) is 4.90 Å². The van der Waals surface area contributed by atoms with Gasteiger partial charge in [-0.1, -0.05) is 20.8 Å². The maximum absolute atomic E-state index is 9.75. The van der Waals surface area contributed by atoms with E-state index >= 15 is 0 Å². The summed E-state index contributed by atoms with van der Waals surface area (Å²) in [6.45, 7) is 15.6. The molecule has 2 unspecified atom stereocenters. The number of likely N-dealkylation sites (N-methyl/N-ethyl adjacent to an activating group) is 1. The van der Waals surface area contributed by atoms with Gasteiger partial charge in [-0.15, -0.1) is 0 Å². The first-order chi connectivity index (χ1) is 9.74. The molecule has 0 amide bonds. The van der Waals surface area contributed by atoms with Crippen LogP contribution in [0.3, 0.4) is 0 Å². The van der Waals surface area contributed by atoms with Crippen LogP contribution in [0, 0.1) is 5.92 Å². The van der Waals surface area contributed by atoms with Crippen molar-refractivity contribution >= 4 is 0 Å². The molecule has 0 aliphatic heterocycles. The van der Waals surface area contributed by atoms with Crippen molar-refractivity contribution in [3.63, 3.8) is 0 Å². The Morgan fingerprint density at radius 3 is 2.19 bits per heavy atom. The Hall–Kier alpha value is -0.160. The predicted molar refractivity (Wildman–Crippen MR) is 92.8 cm³/mol. The normalized spacial score (nSPS) is 16.7. The van der Waals surface area contributed by atoms with Crippen molar-refractivity contribution in [2.24, 2.45) is 5.92 Å². The summed E-state index contributed by atoms with van der Waals surface area (Å²) in [5, 5.41) is 13.3. The molecule has 0 heterocycles. The van der Waals surface area contributed by atoms with Gasteiger partial charge in [0.2, 0.25) is 0 Å². The highest BCUT2D eigenvalue weighted by Crippen LogP contribution is 2.17. The molecule has 4 nitrogen and oxygen atoms in total. The Balaban J connectivity index is 4.64. The summed E-state index contributed by atoms with van der Waals surface area (Å²) in [6, 6.07) is 0.467. The van der Waals surface area contributed by atoms with E-state index in [0.29, 0.717) is 12.0 Å². The third-order valence-electron chi connectivity index (χ3n) is 3.95. The largest absolute Gasteiger partial charge is 0.394 e. The third-order valence-corrected chi connectivity index (χ3v) is 3.95. The van der Waals surface area contributed by atoms with Crippen LogP contribution >= 0.6 is 0 Å². The monoisotopic (exact) mass is 301 g/mol. The third kappa shape index (κ3) is 9.46. The lowest BCUT2D eigenvalue weighted by molar-refractivity contribution is 0.103. The molecule has 4 heteroatoms. The Morgan fingerprint density at radius 1 is 1.14 bits per heavy atom. The SMILES string of the molecule is CCCNC(C)(CO)CC(C)N(CCN(C)C)CC(C)C. The minimum atomic E-state index is -0.178. The molecule has 0 saturated carbocycles. The second-order valence-corrected chi connectivity index (χ2v) is 7.39. The van der Waals surface area contributed by atoms with Gasteiger partial charge in [-0.2, -0.15) is 0 Å². The molecular formula is C17H39N3O. The smallest absolute Gasteiger partial charge is 0.0611 e. The van der Waals surface area contributed by atoms with Gasteiger partial charge in [0.15, 0.2) is 0 Å². The van der Waals surface area contributed by atoms with Crippen molar-refractivity contribution in [1.29, 1.82) is 0 Å². The van der Waals surface area contributed by atoms with Crippen LogP contribution in [0.25, 0.3) is 0 Å². The van der Waals surface area contributed by atoms with E-state index in [4.69, 9.17) is 0 Å². The van der Waals surface area contributed by atoms with E-state index in [1.807, 2.05) is 0 Å². The number of nitrogens with one attached hydrogen (secondary N) is 1. The van der Waals surface area contributed by atoms with Gasteiger partial charge >= 0.3 is 0 Å². The molecule has 0 aromatic carbocycles. The molecule has 2 N–H and O–H groups in total. The Kier molecular flexibility index (Phi) is 10.5. The van der Waals surface area contributed by atoms with Crippen molar-refractivity contribution in [2.45, 2.75) is 59.0 Å². The van der Waals surface area contributed by atoms with Gasteiger partial charge in [0.1, 0.15) is 0 Å². The minimum absolute atomic E-state index is 0.178. The van der Waals surface area contributed by atoms with Crippen molar-refractivity contribution in [3.05, 3.63) is 0 Å². The fraction of sp³-hybridized carbons (Fsp3) is 1.00. The molecular weight excluding hydrogens is 262 g/mol. The molecule has 0 fully saturated rings. The van der Waals surface area contributed by atoms with Gasteiger partial charge in [0.05, 0.1) is 6.61 Å². The van der Waals surface area contributed by atoms with E-state index < -0.39 is 0 Å². The number of aliphatic hydroxyl groups is 1. The highest BCUT2D eigenvalue weighted by molar-refractivity contribution is 4.87. The minimum Gasteiger partial charge on any atom is -0.394 e. The quantitative estimate of drug-likeness (QED) is 0.578. The van der Waals surface area contributed by atoms with E-state index in [0.717, 1.165) is 39.0 Å². The van der Waals surface area contributed by atoms with Crippen molar-refractivity contribution in [2.75, 3.05) is 46.9 Å². The molecule has 21 heavy (non-hydrogen) atoms. The summed E-state index contributed by atoms with van der Waals surface area (Å²) in [4.78, 5) is 4.80. The molecule has 128 valence electrons. The zero-order valence-corrected chi connectivity index (χ0v) is 15.4. The number of hydrogen-bond donors (Lipinski definition) is 2. The average Bonchev–Trinajstić information content (AvgIpc) is 2.40. The zero-order valence-electron chi connectivity index (χ0n) is 15.4. The number of nitrogens with zero attached hydrogens (tertiary/aromatic N) is 2. The molecule has 0 aromatic rings. The second-order valence-electron chi connectivity index (χ2n) is 7.39. The Morgan fingerprint density at radius 2 is 1.76 bits per heavy atom. The van der Waals surface area contributed by atoms with Gasteiger partial charge in [-0.05, 0) is 53.2 Å². The van der Waals surface area contributed by atoms with Gasteiger partial charge < -0.3 is 15.3 Å². The van der Waals surface area contributed by atoms with Crippen LogP contribution in [-0.2, 0) is 0 Å². The first-order valence-corrected chi connectivity index (χ1v) is 8.48. The summed E-state index contributed by atoms with van der Waals surface area (Å²) in [6.07, 6.45) is 2.07. The van der Waals surface area contributed by atoms with Crippen LogP contribution in [0.1, 0.15) is 47.5 Å². The maximum atomic E-state index is 9.75. The van der Waals surface area contributed by atoms with E-state index in [2.05, 4.69) is 63.8 Å². The molecule has 0 bridgehead atoms. The average molecular weight is 302 g/mol. The van der Waals surface area contributed by atoms with E-state index in [1.165, 1.54) is 0 Å². The summed E-state index contributed by atoms with van der Waals surface area (Å²) in [7, 11) is 4.25. The zero-order chi connectivity index (χ0) is 16.5. The molecule has 0 aliphatic rings. The van der Waals surface area contributed by atoms with Crippen LogP contribution in [0.4, 0.5) is 0 Å². The number of aliphatic hydroxyl groups excluding tert-OH is 1. The molecule has 0 rings (SSSR count). The summed E-state index contributed by atoms with van der Waals surface area (Å²) in [5.74, 6) is 0.665. The first-order valence-electron chi connectivity index (χ1n) is 8.48. The second kappa shape index (κ2) is 10.5. The fourth-order valence-electron chi connectivity index (χ4n) is 2.69. The summed E-state index contributed by atoms with van der Waals surface area (Å²) < 4.78 is 0. The molecule has 0 saturated heterocycles. The van der Waals surface area contributed by atoms with Crippen LogP contribution in [0.5, 0.6) is 0 Å². The van der Waals surface area contributed by atoms with Gasteiger partial charge in [0.25, 0.3) is 0 Å². The van der Waals surface area contributed by atoms with Gasteiger partial charge in [0, 0.05) is 31.2 Å². The standard InChI is InChI=1S/C17H39N3O/c1-8-9-18-17(5,14-21)12-16(4)20(13-15(2)3)11-10-19(6)7/h15-16,18,21H,8-14H2,1-7H3.